The number of aryl methyl sites for hydroxylation is 1. The topological polar surface area (TPSA) is 102 Å². The fourth-order valence-electron chi connectivity index (χ4n) is 2.68. The average molecular weight is 368 g/mol. The third-order valence-electron chi connectivity index (χ3n) is 4.05. The third kappa shape index (κ3) is 2.32. The molecule has 0 atom stereocenters. The zero-order valence-corrected chi connectivity index (χ0v) is 14.3. The Kier molecular flexibility index (Phi) is 3.48. The molecule has 1 aliphatic rings. The van der Waals surface area contributed by atoms with Gasteiger partial charge in [-0.1, -0.05) is 29.8 Å². The van der Waals surface area contributed by atoms with E-state index in [4.69, 9.17) is 0 Å². The smallest absolute Gasteiger partial charge is 0.268 e. The van der Waals surface area contributed by atoms with Gasteiger partial charge in [0, 0.05) is 0 Å². The van der Waals surface area contributed by atoms with Gasteiger partial charge in [-0.25, -0.2) is 4.90 Å². The number of fused-ring (bicyclic) bond motifs is 1. The molecule has 2 amide bonds. The van der Waals surface area contributed by atoms with Crippen molar-refractivity contribution in [3.05, 3.63) is 71.4 Å². The van der Waals surface area contributed by atoms with Gasteiger partial charge >= 0.3 is 0 Å². The Hall–Kier alpha value is -3.33. The summed E-state index contributed by atoms with van der Waals surface area (Å²) < 4.78 is 25.9. The van der Waals surface area contributed by atoms with E-state index >= 15 is 0 Å². The maximum absolute atomic E-state index is 12.6. The molecule has 4 rings (SSSR count). The first kappa shape index (κ1) is 16.2. The van der Waals surface area contributed by atoms with Gasteiger partial charge in [0.2, 0.25) is 0 Å². The lowest BCUT2D eigenvalue weighted by Crippen LogP contribution is -2.29. The molecule has 0 unspecified atom stereocenters. The summed E-state index contributed by atoms with van der Waals surface area (Å²) in [6, 6.07) is 12.6. The van der Waals surface area contributed by atoms with Crippen LogP contribution in [0.3, 0.4) is 0 Å². The van der Waals surface area contributed by atoms with Crippen LogP contribution < -0.4 is 4.90 Å². The second-order valence-corrected chi connectivity index (χ2v) is 7.55. The number of aromatic nitrogens is 3. The van der Waals surface area contributed by atoms with Gasteiger partial charge in [-0.2, -0.15) is 8.42 Å². The van der Waals surface area contributed by atoms with Crippen molar-refractivity contribution in [1.29, 1.82) is 0 Å². The molecule has 1 aromatic heterocycles. The lowest BCUT2D eigenvalue weighted by Gasteiger charge is -2.08. The molecular formula is C17H12N4O4S. The number of benzene rings is 2. The Balaban J connectivity index is 1.73. The second-order valence-electron chi connectivity index (χ2n) is 5.76. The van der Waals surface area contributed by atoms with Crippen LogP contribution in [0.15, 0.2) is 59.6 Å². The molecule has 2 aromatic carbocycles. The van der Waals surface area contributed by atoms with E-state index in [-0.39, 0.29) is 21.8 Å². The number of carbonyl (C=O) groups is 2. The molecule has 2 heterocycles. The molecule has 0 saturated heterocycles. The minimum atomic E-state index is -3.97. The molecule has 0 bridgehead atoms. The number of nitrogens with zero attached hydrogens (tertiary/aromatic N) is 4. The lowest BCUT2D eigenvalue weighted by atomic mass is 10.1. The van der Waals surface area contributed by atoms with Crippen LogP contribution in [0.4, 0.5) is 5.82 Å². The maximum atomic E-state index is 12.6. The molecule has 0 spiro atoms. The number of rotatable bonds is 3. The monoisotopic (exact) mass is 368 g/mol. The first-order chi connectivity index (χ1) is 12.4. The van der Waals surface area contributed by atoms with Crippen molar-refractivity contribution in [3.63, 3.8) is 0 Å². The van der Waals surface area contributed by atoms with Gasteiger partial charge in [0.05, 0.1) is 22.2 Å². The summed E-state index contributed by atoms with van der Waals surface area (Å²) in [6.07, 6.45) is 1.05. The van der Waals surface area contributed by atoms with E-state index in [0.717, 1.165) is 16.7 Å². The van der Waals surface area contributed by atoms with Gasteiger partial charge < -0.3 is 0 Å². The molecule has 0 N–H and O–H groups in total. The van der Waals surface area contributed by atoms with Crippen LogP contribution in [0, 0.1) is 6.92 Å². The normalized spacial score (nSPS) is 14.0. The van der Waals surface area contributed by atoms with Crippen LogP contribution in [-0.2, 0) is 10.0 Å². The largest absolute Gasteiger partial charge is 0.284 e. The highest BCUT2D eigenvalue weighted by Crippen LogP contribution is 2.27. The number of imide groups is 1. The number of hydrogen-bond acceptors (Lipinski definition) is 6. The lowest BCUT2D eigenvalue weighted by molar-refractivity contribution is 0.0925. The van der Waals surface area contributed by atoms with Gasteiger partial charge in [0.1, 0.15) is 0 Å². The standard InChI is InChI=1S/C17H12N4O4S/c1-11-6-8-12(9-7-11)26(24,25)20-10-15(18-19-20)21-16(22)13-4-2-3-5-14(13)17(21)23/h2-10H,1H3. The van der Waals surface area contributed by atoms with Crippen molar-refractivity contribution in [1.82, 2.24) is 14.4 Å². The summed E-state index contributed by atoms with van der Waals surface area (Å²) in [5.41, 5.74) is 1.40. The summed E-state index contributed by atoms with van der Waals surface area (Å²) in [5.74, 6) is -1.28. The predicted octanol–water partition coefficient (Wildman–Crippen LogP) is 1.62. The Morgan fingerprint density at radius 2 is 1.46 bits per heavy atom. The molecule has 0 fully saturated rings. The van der Waals surface area contributed by atoms with Crippen LogP contribution >= 0.6 is 0 Å². The second kappa shape index (κ2) is 5.60. The Morgan fingerprint density at radius 3 is 2.04 bits per heavy atom. The van der Waals surface area contributed by atoms with Gasteiger partial charge in [0.15, 0.2) is 5.82 Å². The van der Waals surface area contributed by atoms with E-state index in [1.807, 2.05) is 6.92 Å². The zero-order valence-electron chi connectivity index (χ0n) is 13.5. The molecule has 130 valence electrons. The van der Waals surface area contributed by atoms with Crippen LogP contribution in [0.25, 0.3) is 0 Å². The van der Waals surface area contributed by atoms with Crippen molar-refractivity contribution in [3.8, 4) is 0 Å². The molecule has 0 aliphatic carbocycles. The predicted molar refractivity (Wildman–Crippen MR) is 91.4 cm³/mol. The summed E-state index contributed by atoms with van der Waals surface area (Å²) >= 11 is 0. The zero-order chi connectivity index (χ0) is 18.5. The fourth-order valence-corrected chi connectivity index (χ4v) is 3.74. The van der Waals surface area contributed by atoms with Crippen LogP contribution in [0.1, 0.15) is 26.3 Å². The molecular weight excluding hydrogens is 356 g/mol. The van der Waals surface area contributed by atoms with Gasteiger partial charge in [0.25, 0.3) is 21.8 Å². The quantitative estimate of drug-likeness (QED) is 0.651. The average Bonchev–Trinajstić information content (AvgIpc) is 3.20. The van der Waals surface area contributed by atoms with Crippen molar-refractivity contribution in [2.75, 3.05) is 4.90 Å². The highest BCUT2D eigenvalue weighted by molar-refractivity contribution is 7.89. The number of amides is 2. The Labute approximate surface area is 148 Å². The maximum Gasteiger partial charge on any atom is 0.284 e. The molecule has 9 heteroatoms. The molecule has 26 heavy (non-hydrogen) atoms. The first-order valence-electron chi connectivity index (χ1n) is 7.62. The number of hydrogen-bond donors (Lipinski definition) is 0. The third-order valence-corrected chi connectivity index (χ3v) is 5.59. The van der Waals surface area contributed by atoms with Crippen LogP contribution in [0.5, 0.6) is 0 Å². The molecule has 1 aliphatic heterocycles. The van der Waals surface area contributed by atoms with E-state index < -0.39 is 21.8 Å². The van der Waals surface area contributed by atoms with Gasteiger partial charge in [-0.05, 0) is 36.4 Å². The van der Waals surface area contributed by atoms with E-state index in [0.29, 0.717) is 4.09 Å². The molecule has 0 radical (unpaired) electrons. The van der Waals surface area contributed by atoms with Crippen molar-refractivity contribution < 1.29 is 18.0 Å². The van der Waals surface area contributed by atoms with E-state index in [1.165, 1.54) is 24.3 Å². The summed E-state index contributed by atoms with van der Waals surface area (Å²) in [5, 5.41) is 7.31. The Morgan fingerprint density at radius 1 is 0.885 bits per heavy atom. The SMILES string of the molecule is Cc1ccc(S(=O)(=O)n2cc(N3C(=O)c4ccccc4C3=O)nn2)cc1. The van der Waals surface area contributed by atoms with Crippen LogP contribution in [0.2, 0.25) is 0 Å². The van der Waals surface area contributed by atoms with Gasteiger partial charge in [-0.15, -0.1) is 9.19 Å². The minimum Gasteiger partial charge on any atom is -0.268 e. The van der Waals surface area contributed by atoms with Crippen molar-refractivity contribution in [2.24, 2.45) is 0 Å². The summed E-state index contributed by atoms with van der Waals surface area (Å²) in [7, 11) is -3.97. The van der Waals surface area contributed by atoms with Crippen LogP contribution in [-0.4, -0.2) is 34.6 Å². The van der Waals surface area contributed by atoms with Crippen molar-refractivity contribution in [2.45, 2.75) is 11.8 Å². The van der Waals surface area contributed by atoms with E-state index in [1.54, 1.807) is 24.3 Å². The molecule has 0 saturated carbocycles. The summed E-state index contributed by atoms with van der Waals surface area (Å²) in [6.45, 7) is 1.84. The number of carbonyl (C=O) groups excluding carboxylic acids is 2. The first-order valence-corrected chi connectivity index (χ1v) is 9.06. The van der Waals surface area contributed by atoms with E-state index in [9.17, 15) is 18.0 Å². The molecule has 8 nitrogen and oxygen atoms in total. The van der Waals surface area contributed by atoms with Crippen molar-refractivity contribution >= 4 is 27.7 Å². The fraction of sp³-hybridized carbons (Fsp3) is 0.0588. The minimum absolute atomic E-state index is 0.0295. The highest BCUT2D eigenvalue weighted by atomic mass is 32.2. The highest BCUT2D eigenvalue weighted by Gasteiger charge is 2.38. The Bertz CT molecular complexity index is 1110. The number of anilines is 1. The summed E-state index contributed by atoms with van der Waals surface area (Å²) in [4.78, 5) is 25.8. The van der Waals surface area contributed by atoms with E-state index in [2.05, 4.69) is 10.3 Å². The molecule has 3 aromatic rings. The van der Waals surface area contributed by atoms with Gasteiger partial charge in [-0.3, -0.25) is 9.59 Å².